The van der Waals surface area contributed by atoms with Gasteiger partial charge < -0.3 is 16.0 Å². The SMILES string of the molecule is NC(=NCCCCN1CCCC1)Nc1ccc2c(c1)CCC2. The average Bonchev–Trinajstić information content (AvgIpc) is 3.17. The van der Waals surface area contributed by atoms with E-state index in [4.69, 9.17) is 5.73 Å². The number of nitrogens with one attached hydrogen (secondary N) is 1. The highest BCUT2D eigenvalue weighted by atomic mass is 15.1. The highest BCUT2D eigenvalue weighted by molar-refractivity contribution is 5.92. The molecule has 0 amide bonds. The molecule has 0 bridgehead atoms. The van der Waals surface area contributed by atoms with E-state index in [9.17, 15) is 0 Å². The third-order valence-electron chi connectivity index (χ3n) is 4.73. The molecule has 4 heteroatoms. The van der Waals surface area contributed by atoms with Gasteiger partial charge in [-0.3, -0.25) is 4.99 Å². The van der Waals surface area contributed by atoms with Crippen LogP contribution in [0.15, 0.2) is 23.2 Å². The molecule has 1 aliphatic heterocycles. The molecule has 0 unspecified atom stereocenters. The Balaban J connectivity index is 1.38. The van der Waals surface area contributed by atoms with Crippen molar-refractivity contribution in [3.05, 3.63) is 29.3 Å². The minimum absolute atomic E-state index is 0.541. The largest absolute Gasteiger partial charge is 0.370 e. The van der Waals surface area contributed by atoms with E-state index in [0.29, 0.717) is 5.96 Å². The highest BCUT2D eigenvalue weighted by Gasteiger charge is 2.11. The molecule has 120 valence electrons. The Kier molecular flexibility index (Phi) is 5.33. The minimum Gasteiger partial charge on any atom is -0.370 e. The molecule has 2 aliphatic rings. The van der Waals surface area contributed by atoms with Gasteiger partial charge in [0.2, 0.25) is 0 Å². The molecular formula is C18H28N4. The molecule has 3 rings (SSSR count). The monoisotopic (exact) mass is 300 g/mol. The number of hydrogen-bond acceptors (Lipinski definition) is 2. The van der Waals surface area contributed by atoms with Gasteiger partial charge in [0.1, 0.15) is 0 Å². The van der Waals surface area contributed by atoms with Crippen LogP contribution in [0, 0.1) is 0 Å². The van der Waals surface area contributed by atoms with Crippen LogP contribution in [-0.4, -0.2) is 37.0 Å². The van der Waals surface area contributed by atoms with Crippen LogP contribution < -0.4 is 11.1 Å². The summed E-state index contributed by atoms with van der Waals surface area (Å²) in [5, 5.41) is 3.22. The highest BCUT2D eigenvalue weighted by Crippen LogP contribution is 2.24. The van der Waals surface area contributed by atoms with Crippen molar-refractivity contribution in [3.8, 4) is 0 Å². The van der Waals surface area contributed by atoms with Gasteiger partial charge in [0.15, 0.2) is 5.96 Å². The van der Waals surface area contributed by atoms with Crippen molar-refractivity contribution in [1.82, 2.24) is 4.90 Å². The zero-order chi connectivity index (χ0) is 15.2. The van der Waals surface area contributed by atoms with Gasteiger partial charge in [0.05, 0.1) is 0 Å². The van der Waals surface area contributed by atoms with Crippen molar-refractivity contribution in [2.24, 2.45) is 10.7 Å². The summed E-state index contributed by atoms with van der Waals surface area (Å²) in [4.78, 5) is 6.99. The molecule has 1 aliphatic carbocycles. The lowest BCUT2D eigenvalue weighted by Gasteiger charge is -2.13. The van der Waals surface area contributed by atoms with Gasteiger partial charge in [-0.2, -0.15) is 0 Å². The van der Waals surface area contributed by atoms with Crippen LogP contribution in [-0.2, 0) is 12.8 Å². The molecule has 4 nitrogen and oxygen atoms in total. The molecule has 1 aromatic rings. The lowest BCUT2D eigenvalue weighted by Crippen LogP contribution is -2.23. The number of anilines is 1. The van der Waals surface area contributed by atoms with E-state index >= 15 is 0 Å². The zero-order valence-corrected chi connectivity index (χ0v) is 13.5. The van der Waals surface area contributed by atoms with Crippen molar-refractivity contribution in [3.63, 3.8) is 0 Å². The third-order valence-corrected chi connectivity index (χ3v) is 4.73. The fraction of sp³-hybridized carbons (Fsp3) is 0.611. The maximum atomic E-state index is 5.98. The summed E-state index contributed by atoms with van der Waals surface area (Å²) in [5.74, 6) is 0.541. The van der Waals surface area contributed by atoms with E-state index in [1.807, 2.05) is 0 Å². The summed E-state index contributed by atoms with van der Waals surface area (Å²) >= 11 is 0. The summed E-state index contributed by atoms with van der Waals surface area (Å²) in [5.41, 5.74) is 10.0. The summed E-state index contributed by atoms with van der Waals surface area (Å²) in [6.45, 7) is 4.60. The molecule has 1 saturated heterocycles. The van der Waals surface area contributed by atoms with Gasteiger partial charge >= 0.3 is 0 Å². The van der Waals surface area contributed by atoms with Crippen molar-refractivity contribution < 1.29 is 0 Å². The van der Waals surface area contributed by atoms with Crippen LogP contribution in [0.2, 0.25) is 0 Å². The molecule has 0 spiro atoms. The van der Waals surface area contributed by atoms with E-state index in [0.717, 1.165) is 18.7 Å². The molecular weight excluding hydrogens is 272 g/mol. The van der Waals surface area contributed by atoms with Gasteiger partial charge in [0.25, 0.3) is 0 Å². The fourth-order valence-corrected chi connectivity index (χ4v) is 3.49. The predicted octanol–water partition coefficient (Wildman–Crippen LogP) is 2.78. The average molecular weight is 300 g/mol. The van der Waals surface area contributed by atoms with Crippen LogP contribution in [0.3, 0.4) is 0 Å². The molecule has 1 fully saturated rings. The van der Waals surface area contributed by atoms with Crippen molar-refractivity contribution in [2.45, 2.75) is 44.9 Å². The number of hydrogen-bond donors (Lipinski definition) is 2. The topological polar surface area (TPSA) is 53.6 Å². The van der Waals surface area contributed by atoms with Crippen LogP contribution in [0.4, 0.5) is 5.69 Å². The zero-order valence-electron chi connectivity index (χ0n) is 13.5. The third kappa shape index (κ3) is 4.23. The lowest BCUT2D eigenvalue weighted by molar-refractivity contribution is 0.331. The Morgan fingerprint density at radius 2 is 1.91 bits per heavy atom. The summed E-state index contributed by atoms with van der Waals surface area (Å²) in [6, 6.07) is 6.55. The number of aliphatic imine (C=N–C) groups is 1. The van der Waals surface area contributed by atoms with Gasteiger partial charge in [-0.1, -0.05) is 6.07 Å². The molecule has 1 aromatic carbocycles. The Morgan fingerprint density at radius 1 is 1.09 bits per heavy atom. The summed E-state index contributed by atoms with van der Waals surface area (Å²) in [7, 11) is 0. The smallest absolute Gasteiger partial charge is 0.193 e. The van der Waals surface area contributed by atoms with Crippen molar-refractivity contribution in [2.75, 3.05) is 31.5 Å². The first kappa shape index (κ1) is 15.3. The number of unbranched alkanes of at least 4 members (excludes halogenated alkanes) is 1. The molecule has 0 radical (unpaired) electrons. The van der Waals surface area contributed by atoms with E-state index < -0.39 is 0 Å². The second-order valence-corrected chi connectivity index (χ2v) is 6.48. The number of nitrogens with zero attached hydrogens (tertiary/aromatic N) is 2. The van der Waals surface area contributed by atoms with Crippen molar-refractivity contribution >= 4 is 11.6 Å². The first-order valence-corrected chi connectivity index (χ1v) is 8.72. The molecule has 0 aromatic heterocycles. The summed E-state index contributed by atoms with van der Waals surface area (Å²) < 4.78 is 0. The Hall–Kier alpha value is -1.55. The quantitative estimate of drug-likeness (QED) is 0.482. The number of rotatable bonds is 6. The first-order valence-electron chi connectivity index (χ1n) is 8.72. The standard InChI is InChI=1S/C18H28N4/c19-18(20-10-1-2-11-22-12-3-4-13-22)21-17-9-8-15-6-5-7-16(15)14-17/h8-9,14H,1-7,10-13H2,(H3,19,20,21). The maximum Gasteiger partial charge on any atom is 0.193 e. The van der Waals surface area contributed by atoms with Crippen LogP contribution in [0.25, 0.3) is 0 Å². The van der Waals surface area contributed by atoms with Crippen molar-refractivity contribution in [1.29, 1.82) is 0 Å². The lowest BCUT2D eigenvalue weighted by atomic mass is 10.1. The predicted molar refractivity (Wildman–Crippen MR) is 93.5 cm³/mol. The van der Waals surface area contributed by atoms with Gasteiger partial charge in [-0.25, -0.2) is 0 Å². The molecule has 0 atom stereocenters. The number of likely N-dealkylation sites (tertiary alicyclic amines) is 1. The number of nitrogens with two attached hydrogens (primary N) is 1. The van der Waals surface area contributed by atoms with Gasteiger partial charge in [0, 0.05) is 12.2 Å². The Morgan fingerprint density at radius 3 is 2.77 bits per heavy atom. The van der Waals surface area contributed by atoms with Crippen LogP contribution in [0.5, 0.6) is 0 Å². The van der Waals surface area contributed by atoms with Crippen LogP contribution >= 0.6 is 0 Å². The molecule has 1 heterocycles. The Bertz CT molecular complexity index is 518. The first-order chi connectivity index (χ1) is 10.8. The minimum atomic E-state index is 0.541. The Labute approximate surface area is 133 Å². The van der Waals surface area contributed by atoms with E-state index in [2.05, 4.69) is 33.4 Å². The maximum absolute atomic E-state index is 5.98. The second-order valence-electron chi connectivity index (χ2n) is 6.48. The summed E-state index contributed by atoms with van der Waals surface area (Å²) in [6.07, 6.45) is 8.76. The number of benzene rings is 1. The van der Waals surface area contributed by atoms with E-state index in [1.54, 1.807) is 0 Å². The number of aryl methyl sites for hydroxylation is 2. The fourth-order valence-electron chi connectivity index (χ4n) is 3.49. The second kappa shape index (κ2) is 7.63. The number of guanidine groups is 1. The van der Waals surface area contributed by atoms with Gasteiger partial charge in [-0.05, 0) is 87.8 Å². The van der Waals surface area contributed by atoms with Crippen LogP contribution in [0.1, 0.15) is 43.2 Å². The van der Waals surface area contributed by atoms with Gasteiger partial charge in [-0.15, -0.1) is 0 Å². The van der Waals surface area contributed by atoms with E-state index in [-0.39, 0.29) is 0 Å². The molecule has 22 heavy (non-hydrogen) atoms. The normalized spacial score (nSPS) is 18.6. The molecule has 0 saturated carbocycles. The number of fused-ring (bicyclic) bond motifs is 1. The molecule has 3 N–H and O–H groups in total. The van der Waals surface area contributed by atoms with E-state index in [1.165, 1.54) is 69.3 Å².